The Labute approximate surface area is 156 Å². The minimum absolute atomic E-state index is 0.0679. The molecule has 0 radical (unpaired) electrons. The minimum Gasteiger partial charge on any atom is -0.497 e. The Kier molecular flexibility index (Phi) is 5.20. The van der Waals surface area contributed by atoms with Crippen molar-refractivity contribution in [3.05, 3.63) is 24.0 Å². The zero-order valence-electron chi connectivity index (χ0n) is 15.4. The molecule has 9 heteroatoms. The molecule has 2 aliphatic rings. The normalized spacial score (nSPS) is 22.5. The van der Waals surface area contributed by atoms with Crippen LogP contribution in [-0.2, 0) is 9.59 Å². The highest BCUT2D eigenvalue weighted by Crippen LogP contribution is 2.25. The number of carbonyl (C=O) groups is 3. The molecule has 0 saturated carbocycles. The molecule has 2 saturated heterocycles. The van der Waals surface area contributed by atoms with Crippen molar-refractivity contribution in [3.8, 4) is 5.75 Å². The van der Waals surface area contributed by atoms with Crippen molar-refractivity contribution in [2.75, 3.05) is 38.2 Å². The predicted octanol–water partition coefficient (Wildman–Crippen LogP) is 0.861. The van der Waals surface area contributed by atoms with E-state index in [1.165, 1.54) is 19.2 Å². The number of carbonyl (C=O) groups excluding carboxylic acids is 3. The molecule has 0 aliphatic carbocycles. The van der Waals surface area contributed by atoms with Crippen LogP contribution in [0.25, 0.3) is 0 Å². The van der Waals surface area contributed by atoms with Crippen molar-refractivity contribution in [1.82, 2.24) is 15.5 Å². The maximum Gasteiger partial charge on any atom is 0.322 e. The number of nitrogens with zero attached hydrogens (tertiary/aromatic N) is 2. The lowest BCUT2D eigenvalue weighted by molar-refractivity contribution is -0.132. The van der Waals surface area contributed by atoms with Crippen LogP contribution in [0, 0.1) is 5.82 Å². The number of piperazine rings is 1. The van der Waals surface area contributed by atoms with Crippen LogP contribution in [0.4, 0.5) is 14.9 Å². The summed E-state index contributed by atoms with van der Waals surface area (Å²) in [7, 11) is 1.49. The lowest BCUT2D eigenvalue weighted by Crippen LogP contribution is -2.50. The summed E-state index contributed by atoms with van der Waals surface area (Å²) >= 11 is 0. The molecular formula is C18H23FN4O4. The van der Waals surface area contributed by atoms with Crippen LogP contribution in [0.5, 0.6) is 5.75 Å². The molecule has 4 amide bonds. The number of anilines is 1. The number of halogens is 1. The van der Waals surface area contributed by atoms with Crippen molar-refractivity contribution in [1.29, 1.82) is 0 Å². The summed E-state index contributed by atoms with van der Waals surface area (Å²) in [6.45, 7) is 3.77. The molecule has 2 fully saturated rings. The lowest BCUT2D eigenvalue weighted by atomic mass is 9.96. The van der Waals surface area contributed by atoms with Gasteiger partial charge < -0.3 is 19.9 Å². The van der Waals surface area contributed by atoms with E-state index in [4.69, 9.17) is 4.74 Å². The zero-order chi connectivity index (χ0) is 19.6. The Morgan fingerprint density at radius 2 is 1.93 bits per heavy atom. The van der Waals surface area contributed by atoms with Crippen molar-refractivity contribution < 1.29 is 23.5 Å². The topological polar surface area (TPSA) is 91.0 Å². The number of rotatable bonds is 5. The summed E-state index contributed by atoms with van der Waals surface area (Å²) in [5, 5.41) is 4.74. The standard InChI is InChI=1S/C18H23FN4O4/c1-18(16(25)20-17(26)21-18)4-3-15(24)23-7-5-22(6-8-23)13-9-12(19)10-14(11-13)27-2/h9-11H,3-8H2,1-2H3,(H2,20,21,25,26). The van der Waals surface area contributed by atoms with E-state index in [9.17, 15) is 18.8 Å². The second-order valence-corrected chi connectivity index (χ2v) is 6.96. The molecule has 1 aromatic carbocycles. The largest absolute Gasteiger partial charge is 0.497 e. The summed E-state index contributed by atoms with van der Waals surface area (Å²) in [6, 6.07) is 4.00. The van der Waals surface area contributed by atoms with Crippen LogP contribution in [0.3, 0.4) is 0 Å². The molecule has 0 spiro atoms. The summed E-state index contributed by atoms with van der Waals surface area (Å²) in [5.74, 6) is -0.395. The fraction of sp³-hybridized carbons (Fsp3) is 0.500. The monoisotopic (exact) mass is 378 g/mol. The molecule has 8 nitrogen and oxygen atoms in total. The van der Waals surface area contributed by atoms with Crippen LogP contribution in [0.2, 0.25) is 0 Å². The average molecular weight is 378 g/mol. The number of hydrogen-bond donors (Lipinski definition) is 2. The maximum absolute atomic E-state index is 13.7. The lowest BCUT2D eigenvalue weighted by Gasteiger charge is -2.36. The van der Waals surface area contributed by atoms with Crippen molar-refractivity contribution >= 4 is 23.5 Å². The molecule has 3 rings (SSSR count). The fourth-order valence-electron chi connectivity index (χ4n) is 3.33. The maximum atomic E-state index is 13.7. The molecule has 0 aromatic heterocycles. The third kappa shape index (κ3) is 4.12. The minimum atomic E-state index is -1.05. The number of nitrogens with one attached hydrogen (secondary N) is 2. The quantitative estimate of drug-likeness (QED) is 0.742. The Hall–Kier alpha value is -2.84. The van der Waals surface area contributed by atoms with Crippen molar-refractivity contribution in [3.63, 3.8) is 0 Å². The Morgan fingerprint density at radius 3 is 2.52 bits per heavy atom. The number of ether oxygens (including phenoxy) is 1. The van der Waals surface area contributed by atoms with Gasteiger partial charge in [-0.2, -0.15) is 0 Å². The van der Waals surface area contributed by atoms with Gasteiger partial charge in [-0.3, -0.25) is 14.9 Å². The summed E-state index contributed by atoms with van der Waals surface area (Å²) in [4.78, 5) is 39.3. The first-order valence-corrected chi connectivity index (χ1v) is 8.82. The first kappa shape index (κ1) is 18.9. The van der Waals surface area contributed by atoms with E-state index >= 15 is 0 Å². The first-order valence-electron chi connectivity index (χ1n) is 8.82. The third-order valence-corrected chi connectivity index (χ3v) is 5.05. The number of amides is 4. The molecular weight excluding hydrogens is 355 g/mol. The molecule has 1 atom stereocenters. The number of methoxy groups -OCH3 is 1. The van der Waals surface area contributed by atoms with Crippen LogP contribution in [0.1, 0.15) is 19.8 Å². The van der Waals surface area contributed by atoms with Gasteiger partial charge in [0.15, 0.2) is 0 Å². The van der Waals surface area contributed by atoms with E-state index in [0.717, 1.165) is 5.69 Å². The molecule has 2 aliphatic heterocycles. The Bertz CT molecular complexity index is 764. The second-order valence-electron chi connectivity index (χ2n) is 6.96. The Balaban J connectivity index is 1.53. The highest BCUT2D eigenvalue weighted by Gasteiger charge is 2.42. The number of benzene rings is 1. The smallest absolute Gasteiger partial charge is 0.322 e. The molecule has 1 unspecified atom stereocenters. The van der Waals surface area contributed by atoms with Gasteiger partial charge in [0.1, 0.15) is 17.1 Å². The van der Waals surface area contributed by atoms with E-state index < -0.39 is 17.5 Å². The second kappa shape index (κ2) is 7.42. The van der Waals surface area contributed by atoms with Gasteiger partial charge in [0.05, 0.1) is 7.11 Å². The third-order valence-electron chi connectivity index (χ3n) is 5.05. The van der Waals surface area contributed by atoms with E-state index in [0.29, 0.717) is 31.9 Å². The fourth-order valence-corrected chi connectivity index (χ4v) is 3.33. The van der Waals surface area contributed by atoms with Gasteiger partial charge in [-0.15, -0.1) is 0 Å². The predicted molar refractivity (Wildman–Crippen MR) is 96.1 cm³/mol. The van der Waals surface area contributed by atoms with Crippen molar-refractivity contribution in [2.45, 2.75) is 25.3 Å². The van der Waals surface area contributed by atoms with Gasteiger partial charge in [0, 0.05) is 50.4 Å². The van der Waals surface area contributed by atoms with Gasteiger partial charge in [0.2, 0.25) is 5.91 Å². The van der Waals surface area contributed by atoms with Gasteiger partial charge >= 0.3 is 6.03 Å². The number of imide groups is 1. The van der Waals surface area contributed by atoms with Crippen LogP contribution in [0.15, 0.2) is 18.2 Å². The number of hydrogen-bond acceptors (Lipinski definition) is 5. The molecule has 27 heavy (non-hydrogen) atoms. The van der Waals surface area contributed by atoms with Gasteiger partial charge in [0.25, 0.3) is 5.91 Å². The summed E-state index contributed by atoms with van der Waals surface area (Å²) < 4.78 is 18.8. The highest BCUT2D eigenvalue weighted by atomic mass is 19.1. The molecule has 0 bridgehead atoms. The van der Waals surface area contributed by atoms with E-state index in [2.05, 4.69) is 10.6 Å². The van der Waals surface area contributed by atoms with E-state index in [1.54, 1.807) is 17.9 Å². The first-order chi connectivity index (χ1) is 12.8. The van der Waals surface area contributed by atoms with Crippen LogP contribution >= 0.6 is 0 Å². The molecule has 146 valence electrons. The van der Waals surface area contributed by atoms with E-state index in [1.807, 2.05) is 4.90 Å². The Morgan fingerprint density at radius 1 is 1.22 bits per heavy atom. The van der Waals surface area contributed by atoms with Crippen LogP contribution < -0.4 is 20.3 Å². The SMILES string of the molecule is COc1cc(F)cc(N2CCN(C(=O)CCC3(C)NC(=O)NC3=O)CC2)c1. The van der Waals surface area contributed by atoms with Gasteiger partial charge in [-0.1, -0.05) is 0 Å². The van der Waals surface area contributed by atoms with Gasteiger partial charge in [-0.25, -0.2) is 9.18 Å². The van der Waals surface area contributed by atoms with Gasteiger partial charge in [-0.05, 0) is 19.4 Å². The average Bonchev–Trinajstić information content (AvgIpc) is 2.91. The summed E-state index contributed by atoms with van der Waals surface area (Å²) in [6.07, 6.45) is 0.405. The van der Waals surface area contributed by atoms with Crippen molar-refractivity contribution in [2.24, 2.45) is 0 Å². The molecule has 2 heterocycles. The zero-order valence-corrected chi connectivity index (χ0v) is 15.4. The van der Waals surface area contributed by atoms with E-state index in [-0.39, 0.29) is 24.6 Å². The highest BCUT2D eigenvalue weighted by molar-refractivity contribution is 6.06. The molecule has 1 aromatic rings. The summed E-state index contributed by atoms with van der Waals surface area (Å²) in [5.41, 5.74) is -0.330. The van der Waals surface area contributed by atoms with Crippen LogP contribution in [-0.4, -0.2) is 61.6 Å². The molecule has 2 N–H and O–H groups in total. The number of urea groups is 1.